The first kappa shape index (κ1) is 41.7. The third-order valence-corrected chi connectivity index (χ3v) is 14.8. The smallest absolute Gasteiger partial charge is 0.318 e. The number of fused-ring (bicyclic) bond motifs is 3. The zero-order valence-electron chi connectivity index (χ0n) is 34.4. The Hall–Kier alpha value is -4.44. The van der Waals surface area contributed by atoms with Gasteiger partial charge in [0.1, 0.15) is 23.6 Å². The van der Waals surface area contributed by atoms with Crippen LogP contribution in [0.15, 0.2) is 30.4 Å². The number of hydrogen-bond donors (Lipinski definition) is 2. The molecule has 4 amide bonds. The molecule has 4 fully saturated rings. The Labute approximate surface area is 340 Å². The van der Waals surface area contributed by atoms with Crippen LogP contribution in [0, 0.1) is 18.3 Å². The van der Waals surface area contributed by atoms with Crippen LogP contribution < -0.4 is 24.2 Å². The van der Waals surface area contributed by atoms with Gasteiger partial charge in [0.25, 0.3) is 0 Å². The Morgan fingerprint density at radius 2 is 1.78 bits per heavy atom. The number of rotatable bonds is 10. The summed E-state index contributed by atoms with van der Waals surface area (Å²) in [7, 11) is -0.780. The number of ketones is 1. The second kappa shape index (κ2) is 16.3. The molecule has 7 rings (SSSR count). The van der Waals surface area contributed by atoms with E-state index in [4.69, 9.17) is 23.9 Å². The molecule has 2 N–H and O–H groups in total. The topological polar surface area (TPSA) is 183 Å². The number of hydrogen-bond acceptors (Lipinski definition) is 11. The molecule has 2 aromatic rings. The molecule has 5 atom stereocenters. The second-order valence-corrected chi connectivity index (χ2v) is 19.4. The first-order chi connectivity index (χ1) is 27.6. The molecule has 58 heavy (non-hydrogen) atoms. The van der Waals surface area contributed by atoms with Gasteiger partial charge in [-0.15, -0.1) is 0 Å². The summed E-state index contributed by atoms with van der Waals surface area (Å²) in [6.07, 6.45) is 7.48. The molecule has 0 bridgehead atoms. The third-order valence-electron chi connectivity index (χ3n) is 12.6. The third kappa shape index (κ3) is 8.36. The molecule has 316 valence electrons. The quantitative estimate of drug-likeness (QED) is 0.320. The molecule has 15 nitrogen and oxygen atoms in total. The molecule has 16 heteroatoms. The van der Waals surface area contributed by atoms with Gasteiger partial charge in [-0.05, 0) is 84.3 Å². The van der Waals surface area contributed by atoms with Gasteiger partial charge in [0.15, 0.2) is 5.78 Å². The molecular weight excluding hydrogens is 767 g/mol. The number of amides is 4. The monoisotopic (exact) mass is 823 g/mol. The predicted molar refractivity (Wildman–Crippen MR) is 215 cm³/mol. The summed E-state index contributed by atoms with van der Waals surface area (Å²) in [6, 6.07) is 3.09. The van der Waals surface area contributed by atoms with E-state index in [0.717, 1.165) is 24.8 Å². The van der Waals surface area contributed by atoms with E-state index in [-0.39, 0.29) is 49.3 Å². The second-order valence-electron chi connectivity index (χ2n) is 17.2. The van der Waals surface area contributed by atoms with Crippen LogP contribution in [0.25, 0.3) is 10.9 Å². The van der Waals surface area contributed by atoms with E-state index in [2.05, 4.69) is 10.0 Å². The fraction of sp³-hybridized carbons (Fsp3) is 0.643. The Morgan fingerprint density at radius 1 is 1.02 bits per heavy atom. The van der Waals surface area contributed by atoms with Crippen LogP contribution in [0.3, 0.4) is 0 Å². The number of urea groups is 1. The molecule has 1 aromatic carbocycles. The van der Waals surface area contributed by atoms with Crippen LogP contribution in [0.1, 0.15) is 90.5 Å². The van der Waals surface area contributed by atoms with Gasteiger partial charge in [-0.3, -0.25) is 19.1 Å². The van der Waals surface area contributed by atoms with E-state index in [1.165, 1.54) is 4.90 Å². The van der Waals surface area contributed by atoms with Crippen molar-refractivity contribution in [1.82, 2.24) is 24.8 Å². The number of nitrogens with zero attached hydrogens (tertiary/aromatic N) is 3. The van der Waals surface area contributed by atoms with E-state index in [9.17, 15) is 27.6 Å². The van der Waals surface area contributed by atoms with Crippen LogP contribution in [0.4, 0.5) is 4.79 Å². The maximum absolute atomic E-state index is 14.8. The van der Waals surface area contributed by atoms with Gasteiger partial charge in [0.2, 0.25) is 27.7 Å². The van der Waals surface area contributed by atoms with Crippen molar-refractivity contribution in [3.05, 3.63) is 35.9 Å². The minimum Gasteiger partial charge on any atom is -0.496 e. The maximum atomic E-state index is 14.8. The first-order valence-electron chi connectivity index (χ1n) is 20.5. The van der Waals surface area contributed by atoms with Crippen molar-refractivity contribution in [2.75, 3.05) is 33.9 Å². The van der Waals surface area contributed by atoms with Crippen LogP contribution >= 0.6 is 0 Å². The van der Waals surface area contributed by atoms with Crippen LogP contribution in [0.2, 0.25) is 0 Å². The average Bonchev–Trinajstić information content (AvgIpc) is 4.03. The summed E-state index contributed by atoms with van der Waals surface area (Å²) in [6.45, 7) is 8.15. The number of methoxy groups -OCH3 is 2. The van der Waals surface area contributed by atoms with E-state index < -0.39 is 50.2 Å². The van der Waals surface area contributed by atoms with Crippen LogP contribution in [-0.2, 0) is 29.1 Å². The zero-order chi connectivity index (χ0) is 41.6. The first-order valence-corrected chi connectivity index (χ1v) is 22.0. The Balaban J connectivity index is 1.21. The molecule has 0 radical (unpaired) electrons. The largest absolute Gasteiger partial charge is 0.496 e. The molecule has 4 heterocycles. The summed E-state index contributed by atoms with van der Waals surface area (Å²) in [4.78, 5) is 64.7. The van der Waals surface area contributed by atoms with Gasteiger partial charge < -0.3 is 34.1 Å². The molecule has 3 aliphatic heterocycles. The van der Waals surface area contributed by atoms with E-state index in [0.29, 0.717) is 73.5 Å². The van der Waals surface area contributed by atoms with E-state index in [1.54, 1.807) is 32.1 Å². The number of allylic oxidation sites excluding steroid dienone is 2. The molecule has 1 aromatic heterocycles. The van der Waals surface area contributed by atoms with Crippen LogP contribution in [-0.4, -0.2) is 116 Å². The normalized spacial score (nSPS) is 28.1. The van der Waals surface area contributed by atoms with Crippen molar-refractivity contribution in [3.63, 3.8) is 0 Å². The lowest BCUT2D eigenvalue weighted by Gasteiger charge is -2.39. The number of sulfonamides is 1. The molecule has 0 spiro atoms. The molecule has 2 saturated heterocycles. The number of ether oxygens (including phenoxy) is 4. The Morgan fingerprint density at radius 3 is 2.47 bits per heavy atom. The molecule has 5 aliphatic rings. The number of aryl methyl sites for hydroxylation is 1. The zero-order valence-corrected chi connectivity index (χ0v) is 35.2. The molecular formula is C42H57N5O10S. The summed E-state index contributed by atoms with van der Waals surface area (Å²) < 4.78 is 51.5. The number of likely N-dealkylation sites (tertiary alicyclic amines) is 1. The van der Waals surface area contributed by atoms with E-state index in [1.807, 2.05) is 45.1 Å². The highest BCUT2D eigenvalue weighted by Gasteiger charge is 2.62. The Bertz CT molecular complexity index is 2080. The van der Waals surface area contributed by atoms with Gasteiger partial charge in [-0.25, -0.2) is 18.2 Å². The summed E-state index contributed by atoms with van der Waals surface area (Å²) in [5.74, 6) is -0.347. The highest BCUT2D eigenvalue weighted by atomic mass is 32.2. The van der Waals surface area contributed by atoms with Gasteiger partial charge in [-0.1, -0.05) is 25.0 Å². The average molecular weight is 824 g/mol. The van der Waals surface area contributed by atoms with Crippen molar-refractivity contribution in [2.24, 2.45) is 11.3 Å². The minimum atomic E-state index is -3.96. The Kier molecular flexibility index (Phi) is 11.7. The fourth-order valence-corrected chi connectivity index (χ4v) is 9.77. The number of nitrogens with one attached hydrogen (secondary N) is 2. The van der Waals surface area contributed by atoms with Gasteiger partial charge in [0.05, 0.1) is 60.7 Å². The maximum Gasteiger partial charge on any atom is 0.318 e. The number of pyridine rings is 1. The van der Waals surface area contributed by atoms with Crippen molar-refractivity contribution in [2.45, 2.75) is 127 Å². The molecule has 2 aliphatic carbocycles. The summed E-state index contributed by atoms with van der Waals surface area (Å²) >= 11 is 0. The number of carbonyl (C=O) groups is 4. The van der Waals surface area contributed by atoms with Crippen molar-refractivity contribution in [3.8, 4) is 17.4 Å². The molecule has 0 unspecified atom stereocenters. The van der Waals surface area contributed by atoms with Gasteiger partial charge in [-0.2, -0.15) is 0 Å². The number of benzene rings is 1. The van der Waals surface area contributed by atoms with Crippen LogP contribution in [0.5, 0.6) is 17.4 Å². The number of Topliss-reactive ketones (excluding diaryl/α,β-unsaturated/α-hetero) is 1. The lowest BCUT2D eigenvalue weighted by Crippen LogP contribution is -2.61. The molecule has 2 saturated carbocycles. The van der Waals surface area contributed by atoms with Gasteiger partial charge in [0, 0.05) is 37.0 Å². The summed E-state index contributed by atoms with van der Waals surface area (Å²) in [5.41, 5.74) is 0.132. The standard InChI is InChI=1S/C42H57N5O10S/c1-25(2)56-36-19-35(30-14-15-34(55-6)26(3)37(30)44-36)57-28-18-32-33(48)21-42(39(50)45-58(52,53)41(4)16-17-41)20-27(42)12-10-8-7-9-11-13-31(38(49)47(32)24-28)43-40(51)46-22-29(23-46)54-5/h10,12,14-15,19,25,27-29,31-32H,7-9,11,13,16-18,20-24H2,1-6H3,(H,43,51)(H,45,50)/b12-10-/t27-,28+,31-,32-,42+/m0/s1. The van der Waals surface area contributed by atoms with Crippen molar-refractivity contribution < 1.29 is 46.5 Å². The van der Waals surface area contributed by atoms with Crippen molar-refractivity contribution in [1.29, 1.82) is 0 Å². The lowest BCUT2D eigenvalue weighted by atomic mass is 9.91. The minimum absolute atomic E-state index is 0.0334. The summed E-state index contributed by atoms with van der Waals surface area (Å²) in [5, 5.41) is 3.66. The van der Waals surface area contributed by atoms with E-state index >= 15 is 0 Å². The highest BCUT2D eigenvalue weighted by Crippen LogP contribution is 2.57. The van der Waals surface area contributed by atoms with Crippen molar-refractivity contribution >= 4 is 44.6 Å². The number of carbonyl (C=O) groups excluding carboxylic acids is 4. The lowest BCUT2D eigenvalue weighted by molar-refractivity contribution is -0.140. The predicted octanol–water partition coefficient (Wildman–Crippen LogP) is 4.58. The fourth-order valence-electron chi connectivity index (χ4n) is 8.44. The highest BCUT2D eigenvalue weighted by molar-refractivity contribution is 7.91. The van der Waals surface area contributed by atoms with Gasteiger partial charge >= 0.3 is 6.03 Å². The SMILES string of the molecule is COc1ccc2c(O[C@@H]3C[C@H]4C(=O)C[C@]5(C(=O)NS(=O)(=O)C6(C)CC6)C[C@@H]5/C=C\CCCCC[C@H](NC(=O)N5CC(OC)C5)C(=O)N4C3)cc(OC(C)C)nc2c1C. The number of aromatic nitrogens is 1.